The molecule has 2 N–H and O–H groups in total. The molecule has 0 radical (unpaired) electrons. The van der Waals surface area contributed by atoms with Crippen LogP contribution in [0.4, 0.5) is 0 Å². The minimum atomic E-state index is -0.476. The predicted octanol–water partition coefficient (Wildman–Crippen LogP) is 2.51. The number of para-hydroxylation sites is 2. The van der Waals surface area contributed by atoms with E-state index >= 15 is 0 Å². The van der Waals surface area contributed by atoms with E-state index in [0.717, 1.165) is 5.56 Å². The van der Waals surface area contributed by atoms with Gasteiger partial charge in [0.25, 0.3) is 5.91 Å². The number of carbonyl (C=O) groups excluding carboxylic acids is 2. The van der Waals surface area contributed by atoms with E-state index < -0.39 is 5.91 Å². The molecule has 7 heteroatoms. The van der Waals surface area contributed by atoms with E-state index in [-0.39, 0.29) is 18.9 Å². The topological polar surface area (TPSA) is 76.7 Å². The Kier molecular flexibility index (Phi) is 7.10. The second-order valence-electron chi connectivity index (χ2n) is 5.07. The molecule has 25 heavy (non-hydrogen) atoms. The summed E-state index contributed by atoms with van der Waals surface area (Å²) in [6.07, 6.45) is 0.130. The molecule has 0 atom stereocenters. The highest BCUT2D eigenvalue weighted by molar-refractivity contribution is 6.30. The van der Waals surface area contributed by atoms with Crippen molar-refractivity contribution in [3.05, 3.63) is 59.1 Å². The van der Waals surface area contributed by atoms with Gasteiger partial charge in [0.05, 0.1) is 13.0 Å². The van der Waals surface area contributed by atoms with Crippen molar-refractivity contribution >= 4 is 23.4 Å². The van der Waals surface area contributed by atoms with Gasteiger partial charge in [-0.25, -0.2) is 0 Å². The van der Waals surface area contributed by atoms with Crippen molar-refractivity contribution in [2.24, 2.45) is 0 Å². The van der Waals surface area contributed by atoms with Crippen LogP contribution >= 0.6 is 11.6 Å². The number of hydrazine groups is 1. The van der Waals surface area contributed by atoms with Gasteiger partial charge in [-0.3, -0.25) is 20.4 Å². The average Bonchev–Trinajstić information content (AvgIpc) is 2.61. The molecule has 0 spiro atoms. The van der Waals surface area contributed by atoms with Crippen LogP contribution < -0.4 is 20.3 Å². The molecular formula is C18H19ClN2O4. The molecule has 0 heterocycles. The van der Waals surface area contributed by atoms with Crippen LogP contribution in [0.2, 0.25) is 5.02 Å². The molecule has 2 amide bonds. The Balaban J connectivity index is 1.75. The van der Waals surface area contributed by atoms with Crippen LogP contribution in [-0.4, -0.2) is 25.0 Å². The highest BCUT2D eigenvalue weighted by Crippen LogP contribution is 2.26. The number of hydrogen-bond acceptors (Lipinski definition) is 4. The van der Waals surface area contributed by atoms with E-state index in [1.54, 1.807) is 42.5 Å². The zero-order chi connectivity index (χ0) is 18.1. The lowest BCUT2D eigenvalue weighted by molar-refractivity contribution is -0.129. The molecule has 2 rings (SSSR count). The van der Waals surface area contributed by atoms with Crippen molar-refractivity contribution in [3.63, 3.8) is 0 Å². The first-order valence-electron chi connectivity index (χ1n) is 7.75. The third-order valence-electron chi connectivity index (χ3n) is 3.13. The Morgan fingerprint density at radius 2 is 1.52 bits per heavy atom. The number of halogens is 1. The molecule has 132 valence electrons. The fourth-order valence-electron chi connectivity index (χ4n) is 1.99. The van der Waals surface area contributed by atoms with Gasteiger partial charge in [-0.15, -0.1) is 0 Å². The summed E-state index contributed by atoms with van der Waals surface area (Å²) in [6, 6.07) is 14.0. The van der Waals surface area contributed by atoms with Crippen LogP contribution in [0.25, 0.3) is 0 Å². The summed E-state index contributed by atoms with van der Waals surface area (Å²) >= 11 is 5.79. The van der Waals surface area contributed by atoms with Gasteiger partial charge in [0, 0.05) is 5.02 Å². The summed E-state index contributed by atoms with van der Waals surface area (Å²) in [5, 5.41) is 0.599. The number of hydrogen-bond donors (Lipinski definition) is 2. The van der Waals surface area contributed by atoms with Gasteiger partial charge in [-0.2, -0.15) is 0 Å². The molecule has 0 unspecified atom stereocenters. The molecule has 6 nitrogen and oxygen atoms in total. The Hall–Kier alpha value is -2.73. The summed E-state index contributed by atoms with van der Waals surface area (Å²) in [5.41, 5.74) is 5.43. The van der Waals surface area contributed by atoms with Crippen LogP contribution in [0.5, 0.6) is 11.5 Å². The van der Waals surface area contributed by atoms with Crippen LogP contribution in [-0.2, 0) is 16.0 Å². The summed E-state index contributed by atoms with van der Waals surface area (Å²) in [6.45, 7) is 2.11. The standard InChI is InChI=1S/C18H19ClN2O4/c1-2-24-15-5-3-4-6-16(15)25-12-18(23)21-20-17(22)11-13-7-9-14(19)10-8-13/h3-10H,2,11-12H2,1H3,(H,20,22)(H,21,23). The quantitative estimate of drug-likeness (QED) is 0.742. The lowest BCUT2D eigenvalue weighted by atomic mass is 10.1. The van der Waals surface area contributed by atoms with Gasteiger partial charge in [0.15, 0.2) is 18.1 Å². The molecule has 0 aliphatic carbocycles. The fourth-order valence-corrected chi connectivity index (χ4v) is 2.12. The fraction of sp³-hybridized carbons (Fsp3) is 0.222. The predicted molar refractivity (Wildman–Crippen MR) is 94.5 cm³/mol. The molecule has 0 aromatic heterocycles. The molecule has 0 fully saturated rings. The maximum atomic E-state index is 11.8. The van der Waals surface area contributed by atoms with Crippen LogP contribution in [0.15, 0.2) is 48.5 Å². The molecule has 0 saturated carbocycles. The van der Waals surface area contributed by atoms with Crippen molar-refractivity contribution in [2.75, 3.05) is 13.2 Å². The minimum absolute atomic E-state index is 0.130. The lowest BCUT2D eigenvalue weighted by Crippen LogP contribution is -2.44. The van der Waals surface area contributed by atoms with Gasteiger partial charge < -0.3 is 9.47 Å². The maximum Gasteiger partial charge on any atom is 0.276 e. The van der Waals surface area contributed by atoms with Gasteiger partial charge in [0.1, 0.15) is 0 Å². The second kappa shape index (κ2) is 9.54. The molecule has 0 bridgehead atoms. The first-order chi connectivity index (χ1) is 12.1. The number of nitrogens with one attached hydrogen (secondary N) is 2. The Morgan fingerprint density at radius 3 is 2.16 bits per heavy atom. The monoisotopic (exact) mass is 362 g/mol. The van der Waals surface area contributed by atoms with E-state index in [4.69, 9.17) is 21.1 Å². The van der Waals surface area contributed by atoms with Gasteiger partial charge in [-0.1, -0.05) is 35.9 Å². The maximum absolute atomic E-state index is 11.8. The Bertz CT molecular complexity index is 719. The largest absolute Gasteiger partial charge is 0.490 e. The third-order valence-corrected chi connectivity index (χ3v) is 3.38. The number of carbonyl (C=O) groups is 2. The molecule has 2 aromatic carbocycles. The summed E-state index contributed by atoms with van der Waals surface area (Å²) in [5.74, 6) is 0.206. The zero-order valence-corrected chi connectivity index (χ0v) is 14.5. The third kappa shape index (κ3) is 6.35. The number of benzene rings is 2. The highest BCUT2D eigenvalue weighted by atomic mass is 35.5. The van der Waals surface area contributed by atoms with E-state index in [9.17, 15) is 9.59 Å². The Morgan fingerprint density at radius 1 is 0.920 bits per heavy atom. The summed E-state index contributed by atoms with van der Waals surface area (Å²) in [7, 11) is 0. The first-order valence-corrected chi connectivity index (χ1v) is 8.13. The SMILES string of the molecule is CCOc1ccccc1OCC(=O)NNC(=O)Cc1ccc(Cl)cc1. The van der Waals surface area contributed by atoms with E-state index in [1.807, 2.05) is 13.0 Å². The normalized spacial score (nSPS) is 10.0. The van der Waals surface area contributed by atoms with Crippen molar-refractivity contribution in [2.45, 2.75) is 13.3 Å². The van der Waals surface area contributed by atoms with E-state index in [0.29, 0.717) is 23.1 Å². The van der Waals surface area contributed by atoms with Crippen LogP contribution in [0.1, 0.15) is 12.5 Å². The minimum Gasteiger partial charge on any atom is -0.490 e. The molecule has 0 aliphatic heterocycles. The summed E-state index contributed by atoms with van der Waals surface area (Å²) in [4.78, 5) is 23.6. The van der Waals surface area contributed by atoms with Crippen LogP contribution in [0, 0.1) is 0 Å². The Labute approximate surface area is 151 Å². The molecule has 0 aliphatic rings. The van der Waals surface area contributed by atoms with Gasteiger partial charge >= 0.3 is 0 Å². The van der Waals surface area contributed by atoms with Crippen molar-refractivity contribution in [3.8, 4) is 11.5 Å². The number of rotatable bonds is 7. The van der Waals surface area contributed by atoms with Crippen molar-refractivity contribution in [1.82, 2.24) is 10.9 Å². The molecule has 0 saturated heterocycles. The van der Waals surface area contributed by atoms with Gasteiger partial charge in [-0.05, 0) is 36.8 Å². The summed E-state index contributed by atoms with van der Waals surface area (Å²) < 4.78 is 10.8. The lowest BCUT2D eigenvalue weighted by Gasteiger charge is -2.12. The number of amides is 2. The smallest absolute Gasteiger partial charge is 0.276 e. The first kappa shape index (κ1) is 18.6. The number of ether oxygens (including phenoxy) is 2. The molecule has 2 aromatic rings. The zero-order valence-electron chi connectivity index (χ0n) is 13.8. The van der Waals surface area contributed by atoms with Gasteiger partial charge in [0.2, 0.25) is 5.91 Å². The highest BCUT2D eigenvalue weighted by Gasteiger charge is 2.09. The van der Waals surface area contributed by atoms with Crippen molar-refractivity contribution < 1.29 is 19.1 Å². The molecular weight excluding hydrogens is 344 g/mol. The average molecular weight is 363 g/mol. The van der Waals surface area contributed by atoms with Crippen LogP contribution in [0.3, 0.4) is 0 Å². The second-order valence-corrected chi connectivity index (χ2v) is 5.50. The van der Waals surface area contributed by atoms with Crippen molar-refractivity contribution in [1.29, 1.82) is 0 Å². The van der Waals surface area contributed by atoms with E-state index in [2.05, 4.69) is 10.9 Å². The van der Waals surface area contributed by atoms with E-state index in [1.165, 1.54) is 0 Å².